The minimum absolute atomic E-state index is 0.216. The number of aliphatic carboxylic acids is 1. The smallest absolute Gasteiger partial charge is 0.336 e. The first-order valence-electron chi connectivity index (χ1n) is 9.06. The molecule has 0 atom stereocenters. The van der Waals surface area contributed by atoms with Crippen LogP contribution in [0.3, 0.4) is 0 Å². The number of carbonyl (C=O) groups is 1. The number of aryl methyl sites for hydroxylation is 1. The van der Waals surface area contributed by atoms with Crippen molar-refractivity contribution in [1.82, 2.24) is 0 Å². The van der Waals surface area contributed by atoms with Gasteiger partial charge in [0.1, 0.15) is 24.7 Å². The SMILES string of the molecule is Cc1ccccc1OCCOc1ccccc1/C=C(\C(=O)O)c1ccccc1. The molecule has 3 rings (SSSR count). The summed E-state index contributed by atoms with van der Waals surface area (Å²) in [4.78, 5) is 11.7. The van der Waals surface area contributed by atoms with Gasteiger partial charge in [-0.1, -0.05) is 66.7 Å². The predicted molar refractivity (Wildman–Crippen MR) is 111 cm³/mol. The average Bonchev–Trinajstić information content (AvgIpc) is 2.72. The van der Waals surface area contributed by atoms with E-state index in [1.54, 1.807) is 18.2 Å². The molecule has 0 fully saturated rings. The number of para-hydroxylation sites is 2. The standard InChI is InChI=1S/C24H22O4/c1-18-9-5-7-13-22(18)27-15-16-28-23-14-8-6-12-20(23)17-21(24(25)26)19-10-3-2-4-11-19/h2-14,17H,15-16H2,1H3,(H,25,26)/b21-17-. The Morgan fingerprint density at radius 2 is 1.39 bits per heavy atom. The molecule has 0 aliphatic carbocycles. The highest BCUT2D eigenvalue weighted by molar-refractivity contribution is 6.20. The van der Waals surface area contributed by atoms with Crippen molar-refractivity contribution in [3.63, 3.8) is 0 Å². The van der Waals surface area contributed by atoms with Gasteiger partial charge in [-0.3, -0.25) is 0 Å². The molecule has 0 bridgehead atoms. The van der Waals surface area contributed by atoms with E-state index in [0.29, 0.717) is 30.1 Å². The first kappa shape index (κ1) is 19.2. The highest BCUT2D eigenvalue weighted by Crippen LogP contribution is 2.25. The Bertz CT molecular complexity index is 961. The van der Waals surface area contributed by atoms with Crippen LogP contribution in [-0.2, 0) is 4.79 Å². The van der Waals surface area contributed by atoms with Gasteiger partial charge in [0.05, 0.1) is 5.57 Å². The Balaban J connectivity index is 1.72. The zero-order chi connectivity index (χ0) is 19.8. The quantitative estimate of drug-likeness (QED) is 0.339. The predicted octanol–water partition coefficient (Wildman–Crippen LogP) is 5.08. The number of benzene rings is 3. The van der Waals surface area contributed by atoms with Crippen molar-refractivity contribution < 1.29 is 19.4 Å². The van der Waals surface area contributed by atoms with Crippen molar-refractivity contribution in [2.24, 2.45) is 0 Å². The van der Waals surface area contributed by atoms with Crippen molar-refractivity contribution >= 4 is 17.6 Å². The molecule has 3 aromatic carbocycles. The average molecular weight is 374 g/mol. The fraction of sp³-hybridized carbons (Fsp3) is 0.125. The maximum atomic E-state index is 11.7. The second kappa shape index (κ2) is 9.42. The van der Waals surface area contributed by atoms with Crippen molar-refractivity contribution in [3.05, 3.63) is 95.6 Å². The van der Waals surface area contributed by atoms with Crippen LogP contribution in [0.15, 0.2) is 78.9 Å². The molecule has 0 saturated carbocycles. The second-order valence-corrected chi connectivity index (χ2v) is 6.23. The van der Waals surface area contributed by atoms with Crippen LogP contribution < -0.4 is 9.47 Å². The highest BCUT2D eigenvalue weighted by atomic mass is 16.5. The van der Waals surface area contributed by atoms with Gasteiger partial charge >= 0.3 is 5.97 Å². The van der Waals surface area contributed by atoms with E-state index < -0.39 is 5.97 Å². The van der Waals surface area contributed by atoms with Crippen molar-refractivity contribution in [3.8, 4) is 11.5 Å². The zero-order valence-corrected chi connectivity index (χ0v) is 15.7. The summed E-state index contributed by atoms with van der Waals surface area (Å²) in [7, 11) is 0. The van der Waals surface area contributed by atoms with Gasteiger partial charge in [-0.05, 0) is 36.3 Å². The maximum Gasteiger partial charge on any atom is 0.336 e. The summed E-state index contributed by atoms with van der Waals surface area (Å²) >= 11 is 0. The van der Waals surface area contributed by atoms with Gasteiger partial charge in [-0.25, -0.2) is 4.79 Å². The van der Waals surface area contributed by atoms with Gasteiger partial charge in [0, 0.05) is 5.56 Å². The molecule has 0 unspecified atom stereocenters. The Morgan fingerprint density at radius 3 is 2.07 bits per heavy atom. The van der Waals surface area contributed by atoms with Gasteiger partial charge < -0.3 is 14.6 Å². The van der Waals surface area contributed by atoms with E-state index >= 15 is 0 Å². The topological polar surface area (TPSA) is 55.8 Å². The Morgan fingerprint density at radius 1 is 0.821 bits per heavy atom. The Labute approximate surface area is 164 Å². The molecule has 28 heavy (non-hydrogen) atoms. The molecule has 0 aromatic heterocycles. The molecule has 0 aliphatic rings. The van der Waals surface area contributed by atoms with Crippen LogP contribution in [0.4, 0.5) is 0 Å². The summed E-state index contributed by atoms with van der Waals surface area (Å²) in [6, 6.07) is 24.2. The van der Waals surface area contributed by atoms with Crippen molar-refractivity contribution in [2.45, 2.75) is 6.92 Å². The third kappa shape index (κ3) is 5.01. The van der Waals surface area contributed by atoms with Gasteiger partial charge in [0.25, 0.3) is 0 Å². The monoisotopic (exact) mass is 374 g/mol. The fourth-order valence-corrected chi connectivity index (χ4v) is 2.79. The number of carboxylic acid groups (broad SMARTS) is 1. The van der Waals surface area contributed by atoms with E-state index in [2.05, 4.69) is 0 Å². The summed E-state index contributed by atoms with van der Waals surface area (Å²) < 4.78 is 11.6. The third-order valence-corrected chi connectivity index (χ3v) is 4.23. The molecular weight excluding hydrogens is 352 g/mol. The summed E-state index contributed by atoms with van der Waals surface area (Å²) in [5.74, 6) is 0.464. The van der Waals surface area contributed by atoms with E-state index in [4.69, 9.17) is 9.47 Å². The lowest BCUT2D eigenvalue weighted by Crippen LogP contribution is -2.10. The Kier molecular flexibility index (Phi) is 6.47. The summed E-state index contributed by atoms with van der Waals surface area (Å²) in [6.45, 7) is 2.74. The van der Waals surface area contributed by atoms with Crippen molar-refractivity contribution in [2.75, 3.05) is 13.2 Å². The first-order chi connectivity index (χ1) is 13.6. The minimum atomic E-state index is -0.983. The van der Waals surface area contributed by atoms with E-state index in [9.17, 15) is 9.90 Å². The van der Waals surface area contributed by atoms with Crippen LogP contribution in [0.2, 0.25) is 0 Å². The normalized spacial score (nSPS) is 11.1. The van der Waals surface area contributed by atoms with Crippen LogP contribution >= 0.6 is 0 Å². The third-order valence-electron chi connectivity index (χ3n) is 4.23. The summed E-state index contributed by atoms with van der Waals surface area (Å²) in [5.41, 5.74) is 2.64. The number of rotatable bonds is 8. The largest absolute Gasteiger partial charge is 0.490 e. The van der Waals surface area contributed by atoms with Crippen LogP contribution in [0, 0.1) is 6.92 Å². The zero-order valence-electron chi connectivity index (χ0n) is 15.7. The number of carboxylic acids is 1. The Hall–Kier alpha value is -3.53. The van der Waals surface area contributed by atoms with Gasteiger partial charge in [0.2, 0.25) is 0 Å². The van der Waals surface area contributed by atoms with Gasteiger partial charge in [-0.2, -0.15) is 0 Å². The van der Waals surface area contributed by atoms with Crippen molar-refractivity contribution in [1.29, 1.82) is 0 Å². The summed E-state index contributed by atoms with van der Waals surface area (Å²) in [5, 5.41) is 9.62. The molecule has 0 saturated heterocycles. The van der Waals surface area contributed by atoms with E-state index in [1.165, 1.54) is 0 Å². The van der Waals surface area contributed by atoms with Crippen LogP contribution in [0.5, 0.6) is 11.5 Å². The van der Waals surface area contributed by atoms with Gasteiger partial charge in [-0.15, -0.1) is 0 Å². The first-order valence-corrected chi connectivity index (χ1v) is 9.06. The van der Waals surface area contributed by atoms with Crippen LogP contribution in [-0.4, -0.2) is 24.3 Å². The molecule has 142 valence electrons. The van der Waals surface area contributed by atoms with Crippen LogP contribution in [0.25, 0.3) is 11.6 Å². The maximum absolute atomic E-state index is 11.7. The minimum Gasteiger partial charge on any atom is -0.490 e. The van der Waals surface area contributed by atoms with E-state index in [-0.39, 0.29) is 5.57 Å². The molecule has 1 N–H and O–H groups in total. The molecule has 3 aromatic rings. The lowest BCUT2D eigenvalue weighted by molar-refractivity contribution is -0.130. The van der Waals surface area contributed by atoms with E-state index in [0.717, 1.165) is 11.3 Å². The number of hydrogen-bond donors (Lipinski definition) is 1. The van der Waals surface area contributed by atoms with Gasteiger partial charge in [0.15, 0.2) is 0 Å². The number of hydrogen-bond acceptors (Lipinski definition) is 3. The molecule has 0 amide bonds. The molecule has 0 aliphatic heterocycles. The highest BCUT2D eigenvalue weighted by Gasteiger charge is 2.12. The van der Waals surface area contributed by atoms with E-state index in [1.807, 2.05) is 73.7 Å². The molecular formula is C24H22O4. The molecule has 4 nitrogen and oxygen atoms in total. The molecule has 0 radical (unpaired) electrons. The molecule has 0 heterocycles. The van der Waals surface area contributed by atoms with Crippen LogP contribution in [0.1, 0.15) is 16.7 Å². The second-order valence-electron chi connectivity index (χ2n) is 6.23. The fourth-order valence-electron chi connectivity index (χ4n) is 2.79. The molecule has 4 heteroatoms. The molecule has 0 spiro atoms. The summed E-state index contributed by atoms with van der Waals surface area (Å²) in [6.07, 6.45) is 1.63. The lowest BCUT2D eigenvalue weighted by Gasteiger charge is -2.12. The number of ether oxygens (including phenoxy) is 2. The lowest BCUT2D eigenvalue weighted by atomic mass is 10.0.